The van der Waals surface area contributed by atoms with Crippen LogP contribution in [0.4, 0.5) is 5.82 Å². The van der Waals surface area contributed by atoms with Crippen LogP contribution in [0, 0.1) is 0 Å². The molecule has 0 atom stereocenters. The van der Waals surface area contributed by atoms with E-state index in [1.165, 1.54) is 5.56 Å². The maximum absolute atomic E-state index is 5.81. The molecule has 2 aromatic rings. The van der Waals surface area contributed by atoms with Gasteiger partial charge in [0.2, 0.25) is 0 Å². The minimum atomic E-state index is 0.540. The lowest BCUT2D eigenvalue weighted by atomic mass is 10.1. The summed E-state index contributed by atoms with van der Waals surface area (Å²) in [6.07, 6.45) is 3.57. The Balaban J connectivity index is 2.01. The van der Waals surface area contributed by atoms with Crippen molar-refractivity contribution in [1.82, 2.24) is 9.97 Å². The predicted molar refractivity (Wildman–Crippen MR) is 77.1 cm³/mol. The van der Waals surface area contributed by atoms with E-state index in [1.807, 2.05) is 24.5 Å². The summed E-state index contributed by atoms with van der Waals surface area (Å²) in [7, 11) is 0. The van der Waals surface area contributed by atoms with Crippen molar-refractivity contribution in [3.63, 3.8) is 0 Å². The highest BCUT2D eigenvalue weighted by molar-refractivity contribution is 7.98. The lowest BCUT2D eigenvalue weighted by Crippen LogP contribution is -2.02. The highest BCUT2D eigenvalue weighted by atomic mass is 35.5. The Kier molecular flexibility index (Phi) is 4.84. The molecule has 0 unspecified atom stereocenters. The third kappa shape index (κ3) is 3.62. The van der Waals surface area contributed by atoms with Crippen LogP contribution < -0.4 is 5.32 Å². The molecule has 0 spiro atoms. The van der Waals surface area contributed by atoms with E-state index < -0.39 is 0 Å². The number of thioether (sulfide) groups is 1. The number of aromatic nitrogens is 2. The summed E-state index contributed by atoms with van der Waals surface area (Å²) in [4.78, 5) is 8.32. The number of halogens is 1. The van der Waals surface area contributed by atoms with E-state index in [-0.39, 0.29) is 0 Å². The van der Waals surface area contributed by atoms with E-state index in [1.54, 1.807) is 18.1 Å². The van der Waals surface area contributed by atoms with Gasteiger partial charge in [-0.2, -0.15) is 0 Å². The van der Waals surface area contributed by atoms with Crippen molar-refractivity contribution < 1.29 is 0 Å². The van der Waals surface area contributed by atoms with Crippen molar-refractivity contribution in [3.05, 3.63) is 47.8 Å². The van der Waals surface area contributed by atoms with Crippen molar-refractivity contribution in [2.45, 2.75) is 17.5 Å². The summed E-state index contributed by atoms with van der Waals surface area (Å²) in [6, 6.07) is 10.1. The van der Waals surface area contributed by atoms with Crippen molar-refractivity contribution >= 4 is 29.2 Å². The largest absolute Gasteiger partial charge is 0.366 e. The molecule has 0 saturated heterocycles. The molecule has 0 amide bonds. The molecule has 0 bridgehead atoms. The molecule has 0 saturated carbocycles. The molecule has 1 N–H and O–H groups in total. The van der Waals surface area contributed by atoms with E-state index >= 15 is 0 Å². The van der Waals surface area contributed by atoms with E-state index in [0.29, 0.717) is 5.88 Å². The fourth-order valence-corrected chi connectivity index (χ4v) is 2.11. The second kappa shape index (κ2) is 6.61. The van der Waals surface area contributed by atoms with Gasteiger partial charge in [0.05, 0.1) is 0 Å². The monoisotopic (exact) mass is 279 g/mol. The topological polar surface area (TPSA) is 37.8 Å². The smallest absolute Gasteiger partial charge is 0.130 e. The van der Waals surface area contributed by atoms with Gasteiger partial charge < -0.3 is 5.32 Å². The molecule has 1 aromatic carbocycles. The average molecular weight is 280 g/mol. The first-order valence-corrected chi connectivity index (χ1v) is 7.31. The van der Waals surface area contributed by atoms with Gasteiger partial charge >= 0.3 is 0 Å². The second-order valence-corrected chi connectivity index (χ2v) is 4.85. The molecule has 0 aliphatic heterocycles. The fraction of sp³-hybridized carbons (Fsp3) is 0.231. The number of hydrogen-bond donors (Lipinski definition) is 1. The van der Waals surface area contributed by atoms with Gasteiger partial charge in [0.1, 0.15) is 17.2 Å². The van der Waals surface area contributed by atoms with E-state index in [0.717, 1.165) is 23.0 Å². The maximum atomic E-state index is 5.81. The van der Waals surface area contributed by atoms with Gasteiger partial charge in [-0.1, -0.05) is 24.3 Å². The number of hydrogen-bond acceptors (Lipinski definition) is 4. The SMILES string of the molecule is CSc1cc(NCc2cccc(CCl)c2)ncn1. The third-order valence-electron chi connectivity index (χ3n) is 2.47. The highest BCUT2D eigenvalue weighted by Gasteiger charge is 1.99. The highest BCUT2D eigenvalue weighted by Crippen LogP contribution is 2.15. The van der Waals surface area contributed by atoms with Crippen LogP contribution in [0.3, 0.4) is 0 Å². The molecule has 0 aliphatic rings. The van der Waals surface area contributed by atoms with Crippen LogP contribution in [0.25, 0.3) is 0 Å². The van der Waals surface area contributed by atoms with Crippen LogP contribution in [-0.4, -0.2) is 16.2 Å². The zero-order valence-corrected chi connectivity index (χ0v) is 11.6. The molecule has 2 rings (SSSR count). The number of alkyl halides is 1. The number of rotatable bonds is 5. The van der Waals surface area contributed by atoms with Crippen LogP contribution in [0.5, 0.6) is 0 Å². The standard InChI is InChI=1S/C13H14ClN3S/c1-18-13-6-12(16-9-17-13)15-8-11-4-2-3-10(5-11)7-14/h2-6,9H,7-8H2,1H3,(H,15,16,17). The number of benzene rings is 1. The third-order valence-corrected chi connectivity index (χ3v) is 3.42. The molecule has 3 nitrogen and oxygen atoms in total. The molecule has 18 heavy (non-hydrogen) atoms. The van der Waals surface area contributed by atoms with Crippen molar-refractivity contribution in [2.75, 3.05) is 11.6 Å². The van der Waals surface area contributed by atoms with Gasteiger partial charge in [-0.15, -0.1) is 23.4 Å². The van der Waals surface area contributed by atoms with E-state index in [9.17, 15) is 0 Å². The van der Waals surface area contributed by atoms with Gasteiger partial charge in [0.25, 0.3) is 0 Å². The van der Waals surface area contributed by atoms with Crippen LogP contribution >= 0.6 is 23.4 Å². The van der Waals surface area contributed by atoms with Gasteiger partial charge in [0, 0.05) is 18.5 Å². The Hall–Kier alpha value is -1.26. The number of anilines is 1. The normalized spacial score (nSPS) is 10.3. The van der Waals surface area contributed by atoms with E-state index in [2.05, 4.69) is 27.4 Å². The molecular formula is C13H14ClN3S. The van der Waals surface area contributed by atoms with Crippen molar-refractivity contribution in [1.29, 1.82) is 0 Å². The molecule has 94 valence electrons. The molecular weight excluding hydrogens is 266 g/mol. The molecule has 0 radical (unpaired) electrons. The molecule has 5 heteroatoms. The average Bonchev–Trinajstić information content (AvgIpc) is 2.45. The Morgan fingerprint density at radius 1 is 1.22 bits per heavy atom. The summed E-state index contributed by atoms with van der Waals surface area (Å²) in [5, 5.41) is 4.24. The summed E-state index contributed by atoms with van der Waals surface area (Å²) < 4.78 is 0. The van der Waals surface area contributed by atoms with E-state index in [4.69, 9.17) is 11.6 Å². The van der Waals surface area contributed by atoms with Gasteiger partial charge in [-0.3, -0.25) is 0 Å². The van der Waals surface area contributed by atoms with Crippen molar-refractivity contribution in [3.8, 4) is 0 Å². The van der Waals surface area contributed by atoms with Crippen LogP contribution in [0.1, 0.15) is 11.1 Å². The zero-order valence-electron chi connectivity index (χ0n) is 10.1. The first kappa shape index (κ1) is 13.2. The zero-order chi connectivity index (χ0) is 12.8. The first-order valence-electron chi connectivity index (χ1n) is 5.55. The first-order chi connectivity index (χ1) is 8.81. The Bertz CT molecular complexity index is 472. The lowest BCUT2D eigenvalue weighted by Gasteiger charge is -2.07. The molecule has 0 fully saturated rings. The lowest BCUT2D eigenvalue weighted by molar-refractivity contribution is 1.02. The van der Waals surface area contributed by atoms with Crippen LogP contribution in [0.15, 0.2) is 41.7 Å². The number of nitrogens with zero attached hydrogens (tertiary/aromatic N) is 2. The molecule has 1 aromatic heterocycles. The number of nitrogens with one attached hydrogen (secondary N) is 1. The minimum absolute atomic E-state index is 0.540. The summed E-state index contributed by atoms with van der Waals surface area (Å²) in [6.45, 7) is 0.732. The van der Waals surface area contributed by atoms with Crippen LogP contribution in [0.2, 0.25) is 0 Å². The predicted octanol–water partition coefficient (Wildman–Crippen LogP) is 3.55. The molecule has 0 aliphatic carbocycles. The Morgan fingerprint density at radius 3 is 2.83 bits per heavy atom. The molecule has 1 heterocycles. The minimum Gasteiger partial charge on any atom is -0.366 e. The van der Waals surface area contributed by atoms with Crippen LogP contribution in [-0.2, 0) is 12.4 Å². The Labute approximate surface area is 116 Å². The van der Waals surface area contributed by atoms with Gasteiger partial charge in [-0.05, 0) is 17.4 Å². The summed E-state index contributed by atoms with van der Waals surface area (Å²) >= 11 is 7.41. The second-order valence-electron chi connectivity index (χ2n) is 3.75. The Morgan fingerprint density at radius 2 is 2.06 bits per heavy atom. The summed E-state index contributed by atoms with van der Waals surface area (Å²) in [5.41, 5.74) is 2.32. The van der Waals surface area contributed by atoms with Gasteiger partial charge in [-0.25, -0.2) is 9.97 Å². The summed E-state index contributed by atoms with van der Waals surface area (Å²) in [5.74, 6) is 1.38. The van der Waals surface area contributed by atoms with Crippen molar-refractivity contribution in [2.24, 2.45) is 0 Å². The maximum Gasteiger partial charge on any atom is 0.130 e. The quantitative estimate of drug-likeness (QED) is 0.516. The van der Waals surface area contributed by atoms with Gasteiger partial charge in [0.15, 0.2) is 0 Å². The fourth-order valence-electron chi connectivity index (χ4n) is 1.56.